The van der Waals surface area contributed by atoms with Crippen LogP contribution in [0.15, 0.2) is 6.20 Å². The van der Waals surface area contributed by atoms with Crippen LogP contribution in [0.4, 0.5) is 0 Å². The van der Waals surface area contributed by atoms with Crippen LogP contribution < -0.4 is 0 Å². The van der Waals surface area contributed by atoms with Crippen LogP contribution >= 0.6 is 11.6 Å². The molecule has 0 aromatic carbocycles. The van der Waals surface area contributed by atoms with Gasteiger partial charge in [0.2, 0.25) is 0 Å². The minimum absolute atomic E-state index is 0.567. The normalized spacial score (nSPS) is 11.3. The molecule has 0 fully saturated rings. The summed E-state index contributed by atoms with van der Waals surface area (Å²) in [7, 11) is 4.15. The Morgan fingerprint density at radius 3 is 2.73 bits per heavy atom. The van der Waals surface area contributed by atoms with E-state index in [0.717, 1.165) is 25.9 Å². The topological polar surface area (TPSA) is 21.1 Å². The van der Waals surface area contributed by atoms with Gasteiger partial charge >= 0.3 is 0 Å². The standard InChI is InChI=1S/C11H20ClN3/c1-4-5-11-10(8-12)9-13-15(11)7-6-14(2)3/h9H,4-8H2,1-3H3. The maximum atomic E-state index is 5.88. The second kappa shape index (κ2) is 6.13. The third-order valence-corrected chi connectivity index (χ3v) is 2.71. The highest BCUT2D eigenvalue weighted by atomic mass is 35.5. The molecule has 4 heteroatoms. The highest BCUT2D eigenvalue weighted by Gasteiger charge is 2.08. The number of rotatable bonds is 6. The van der Waals surface area contributed by atoms with E-state index < -0.39 is 0 Å². The van der Waals surface area contributed by atoms with Crippen molar-refractivity contribution >= 4 is 11.6 Å². The van der Waals surface area contributed by atoms with Crippen LogP contribution in [0.2, 0.25) is 0 Å². The van der Waals surface area contributed by atoms with Gasteiger partial charge in [0.25, 0.3) is 0 Å². The minimum Gasteiger partial charge on any atom is -0.308 e. The summed E-state index contributed by atoms with van der Waals surface area (Å²) in [6.45, 7) is 4.14. The number of hydrogen-bond donors (Lipinski definition) is 0. The SMILES string of the molecule is CCCc1c(CCl)cnn1CCN(C)C. The lowest BCUT2D eigenvalue weighted by Gasteiger charge is -2.12. The van der Waals surface area contributed by atoms with E-state index in [1.807, 2.05) is 6.20 Å². The molecule has 0 aliphatic rings. The lowest BCUT2D eigenvalue weighted by molar-refractivity contribution is 0.369. The molecule has 15 heavy (non-hydrogen) atoms. The first kappa shape index (κ1) is 12.5. The van der Waals surface area contributed by atoms with Crippen LogP contribution in [0.25, 0.3) is 0 Å². The molecule has 0 N–H and O–H groups in total. The van der Waals surface area contributed by atoms with Gasteiger partial charge in [-0.2, -0.15) is 5.10 Å². The fourth-order valence-corrected chi connectivity index (χ4v) is 1.80. The third-order valence-electron chi connectivity index (χ3n) is 2.42. The first-order valence-corrected chi connectivity index (χ1v) is 5.96. The van der Waals surface area contributed by atoms with Gasteiger partial charge in [-0.25, -0.2) is 0 Å². The summed E-state index contributed by atoms with van der Waals surface area (Å²) >= 11 is 5.88. The van der Waals surface area contributed by atoms with Gasteiger partial charge < -0.3 is 4.90 Å². The number of alkyl halides is 1. The first-order chi connectivity index (χ1) is 7.19. The Hall–Kier alpha value is -0.540. The highest BCUT2D eigenvalue weighted by Crippen LogP contribution is 2.13. The Bertz CT molecular complexity index is 294. The van der Waals surface area contributed by atoms with E-state index in [9.17, 15) is 0 Å². The molecule has 1 aromatic rings. The summed E-state index contributed by atoms with van der Waals surface area (Å²) in [5.74, 6) is 0.567. The molecule has 1 heterocycles. The van der Waals surface area contributed by atoms with Gasteiger partial charge in [0.05, 0.1) is 18.6 Å². The molecule has 0 aliphatic carbocycles. The van der Waals surface area contributed by atoms with E-state index in [0.29, 0.717) is 5.88 Å². The van der Waals surface area contributed by atoms with Crippen molar-refractivity contribution in [3.63, 3.8) is 0 Å². The molecule has 0 saturated heterocycles. The number of halogens is 1. The molecular weight excluding hydrogens is 210 g/mol. The fourth-order valence-electron chi connectivity index (χ4n) is 1.57. The van der Waals surface area contributed by atoms with E-state index in [1.54, 1.807) is 0 Å². The third kappa shape index (κ3) is 3.50. The van der Waals surface area contributed by atoms with Crippen LogP contribution in [0, 0.1) is 0 Å². The average Bonchev–Trinajstić information content (AvgIpc) is 2.58. The summed E-state index contributed by atoms with van der Waals surface area (Å²) in [4.78, 5) is 2.16. The van der Waals surface area contributed by atoms with Crippen LogP contribution in [-0.2, 0) is 18.8 Å². The summed E-state index contributed by atoms with van der Waals surface area (Å²) in [5.41, 5.74) is 2.48. The molecule has 0 unspecified atom stereocenters. The van der Waals surface area contributed by atoms with Crippen LogP contribution in [0.1, 0.15) is 24.6 Å². The maximum Gasteiger partial charge on any atom is 0.0539 e. The molecule has 1 aromatic heterocycles. The zero-order valence-electron chi connectivity index (χ0n) is 9.83. The summed E-state index contributed by atoms with van der Waals surface area (Å²) in [5, 5.41) is 4.38. The molecule has 0 bridgehead atoms. The van der Waals surface area contributed by atoms with Gasteiger partial charge in [-0.1, -0.05) is 13.3 Å². The minimum atomic E-state index is 0.567. The highest BCUT2D eigenvalue weighted by molar-refractivity contribution is 6.17. The monoisotopic (exact) mass is 229 g/mol. The summed E-state index contributed by atoms with van der Waals surface area (Å²) in [6, 6.07) is 0. The second-order valence-electron chi connectivity index (χ2n) is 4.03. The van der Waals surface area contributed by atoms with Gasteiger partial charge in [-0.15, -0.1) is 11.6 Å². The van der Waals surface area contributed by atoms with E-state index in [2.05, 4.69) is 35.7 Å². The molecule has 0 aliphatic heterocycles. The van der Waals surface area contributed by atoms with Gasteiger partial charge in [0.15, 0.2) is 0 Å². The van der Waals surface area contributed by atoms with Crippen molar-refractivity contribution in [3.8, 4) is 0 Å². The number of likely N-dealkylation sites (N-methyl/N-ethyl adjacent to an activating group) is 1. The van der Waals surface area contributed by atoms with E-state index in [4.69, 9.17) is 11.6 Å². The van der Waals surface area contributed by atoms with Gasteiger partial charge in [-0.05, 0) is 20.5 Å². The van der Waals surface area contributed by atoms with Crippen molar-refractivity contribution < 1.29 is 0 Å². The predicted octanol–water partition coefficient (Wildman–Crippen LogP) is 2.14. The lowest BCUT2D eigenvalue weighted by Crippen LogP contribution is -2.20. The molecular formula is C11H20ClN3. The Morgan fingerprint density at radius 1 is 1.47 bits per heavy atom. The Kier molecular flexibility index (Phi) is 5.12. The number of nitrogens with zero attached hydrogens (tertiary/aromatic N) is 3. The average molecular weight is 230 g/mol. The molecule has 0 amide bonds. The second-order valence-corrected chi connectivity index (χ2v) is 4.29. The molecule has 0 saturated carbocycles. The summed E-state index contributed by atoms with van der Waals surface area (Å²) in [6.07, 6.45) is 4.10. The zero-order valence-corrected chi connectivity index (χ0v) is 10.6. The van der Waals surface area contributed by atoms with Crippen molar-refractivity contribution in [2.24, 2.45) is 0 Å². The van der Waals surface area contributed by atoms with Gasteiger partial charge in [0.1, 0.15) is 0 Å². The largest absolute Gasteiger partial charge is 0.308 e. The Labute approximate surface area is 97.0 Å². The van der Waals surface area contributed by atoms with Crippen molar-refractivity contribution in [1.29, 1.82) is 0 Å². The van der Waals surface area contributed by atoms with Crippen LogP contribution in [0.5, 0.6) is 0 Å². The van der Waals surface area contributed by atoms with Crippen molar-refractivity contribution in [1.82, 2.24) is 14.7 Å². The quantitative estimate of drug-likeness (QED) is 0.697. The maximum absolute atomic E-state index is 5.88. The van der Waals surface area contributed by atoms with Crippen molar-refractivity contribution in [3.05, 3.63) is 17.5 Å². The fraction of sp³-hybridized carbons (Fsp3) is 0.727. The number of aromatic nitrogens is 2. The van der Waals surface area contributed by atoms with E-state index >= 15 is 0 Å². The Balaban J connectivity index is 2.72. The molecule has 0 atom stereocenters. The molecule has 0 radical (unpaired) electrons. The van der Waals surface area contributed by atoms with Crippen molar-refractivity contribution in [2.45, 2.75) is 32.2 Å². The molecule has 3 nitrogen and oxygen atoms in total. The van der Waals surface area contributed by atoms with Crippen LogP contribution in [-0.4, -0.2) is 35.3 Å². The van der Waals surface area contributed by atoms with Gasteiger partial charge in [0, 0.05) is 17.8 Å². The summed E-state index contributed by atoms with van der Waals surface area (Å²) < 4.78 is 2.08. The molecule has 0 spiro atoms. The van der Waals surface area contributed by atoms with Crippen molar-refractivity contribution in [2.75, 3.05) is 20.6 Å². The molecule has 86 valence electrons. The predicted molar refractivity (Wildman–Crippen MR) is 64.3 cm³/mol. The molecule has 1 rings (SSSR count). The lowest BCUT2D eigenvalue weighted by atomic mass is 10.2. The zero-order chi connectivity index (χ0) is 11.3. The first-order valence-electron chi connectivity index (χ1n) is 5.43. The van der Waals surface area contributed by atoms with Gasteiger partial charge in [-0.3, -0.25) is 4.68 Å². The smallest absolute Gasteiger partial charge is 0.0539 e. The number of hydrogen-bond acceptors (Lipinski definition) is 2. The Morgan fingerprint density at radius 2 is 2.20 bits per heavy atom. The van der Waals surface area contributed by atoms with E-state index in [-0.39, 0.29) is 0 Å². The van der Waals surface area contributed by atoms with Crippen LogP contribution in [0.3, 0.4) is 0 Å². The van der Waals surface area contributed by atoms with E-state index in [1.165, 1.54) is 11.3 Å².